The van der Waals surface area contributed by atoms with Crippen LogP contribution in [0.5, 0.6) is 0 Å². The van der Waals surface area contributed by atoms with E-state index in [4.69, 9.17) is 10.2 Å². The van der Waals surface area contributed by atoms with E-state index in [9.17, 15) is 9.59 Å². The molecule has 0 radical (unpaired) electrons. The van der Waals surface area contributed by atoms with E-state index in [2.05, 4.69) is 0 Å². The molecule has 0 fully saturated rings. The summed E-state index contributed by atoms with van der Waals surface area (Å²) in [5.41, 5.74) is 0.0149. The van der Waals surface area contributed by atoms with Gasteiger partial charge < -0.3 is 10.2 Å². The molecule has 0 aromatic heterocycles. The molecule has 0 bridgehead atoms. The van der Waals surface area contributed by atoms with Gasteiger partial charge in [0.05, 0.1) is 5.57 Å². The first kappa shape index (κ1) is 12.4. The van der Waals surface area contributed by atoms with Crippen LogP contribution < -0.4 is 0 Å². The Morgan fingerprint density at radius 1 is 1.21 bits per heavy atom. The lowest BCUT2D eigenvalue weighted by molar-refractivity contribution is -0.132. The van der Waals surface area contributed by atoms with Gasteiger partial charge in [0.25, 0.3) is 0 Å². The molecule has 0 aliphatic carbocycles. The van der Waals surface area contributed by atoms with Gasteiger partial charge in [-0.2, -0.15) is 0 Å². The van der Waals surface area contributed by atoms with E-state index in [1.807, 2.05) is 13.8 Å². The van der Waals surface area contributed by atoms with Gasteiger partial charge in [-0.1, -0.05) is 19.9 Å². The maximum atomic E-state index is 10.6. The Hall–Kier alpha value is -1.58. The Kier molecular flexibility index (Phi) is 5.29. The second kappa shape index (κ2) is 5.96. The third-order valence-corrected chi connectivity index (χ3v) is 1.46. The van der Waals surface area contributed by atoms with Crippen LogP contribution in [0.4, 0.5) is 0 Å². The van der Waals surface area contributed by atoms with Gasteiger partial charge in [0, 0.05) is 6.08 Å². The molecule has 0 aliphatic heterocycles. The van der Waals surface area contributed by atoms with Crippen molar-refractivity contribution in [1.29, 1.82) is 0 Å². The van der Waals surface area contributed by atoms with Crippen molar-refractivity contribution in [3.05, 3.63) is 23.8 Å². The Morgan fingerprint density at radius 2 is 1.79 bits per heavy atom. The number of aliphatic carboxylic acids is 2. The van der Waals surface area contributed by atoms with Crippen LogP contribution in [0.15, 0.2) is 23.8 Å². The first-order valence-corrected chi connectivity index (χ1v) is 4.28. The number of allylic oxidation sites excluding steroid dienone is 1. The van der Waals surface area contributed by atoms with Crippen LogP contribution >= 0.6 is 0 Å². The molecule has 0 saturated carbocycles. The van der Waals surface area contributed by atoms with Crippen molar-refractivity contribution in [2.75, 3.05) is 0 Å². The molecule has 2 N–H and O–H groups in total. The zero-order chi connectivity index (χ0) is 11.1. The van der Waals surface area contributed by atoms with Gasteiger partial charge in [-0.15, -0.1) is 0 Å². The highest BCUT2D eigenvalue weighted by Gasteiger charge is 2.03. The van der Waals surface area contributed by atoms with E-state index >= 15 is 0 Å². The fourth-order valence-electron chi connectivity index (χ4n) is 0.750. The van der Waals surface area contributed by atoms with Gasteiger partial charge in [-0.3, -0.25) is 0 Å². The SMILES string of the molecule is CC(C)CC=C(C=CC(=O)O)C(=O)O. The average Bonchev–Trinajstić information content (AvgIpc) is 2.02. The molecule has 0 saturated heterocycles. The zero-order valence-corrected chi connectivity index (χ0v) is 8.23. The van der Waals surface area contributed by atoms with E-state index in [0.717, 1.165) is 12.2 Å². The van der Waals surface area contributed by atoms with Gasteiger partial charge in [-0.25, -0.2) is 9.59 Å². The summed E-state index contributed by atoms with van der Waals surface area (Å²) in [4.78, 5) is 20.8. The van der Waals surface area contributed by atoms with Crippen LogP contribution in [0.2, 0.25) is 0 Å². The molecule has 4 nitrogen and oxygen atoms in total. The van der Waals surface area contributed by atoms with Crippen molar-refractivity contribution in [3.63, 3.8) is 0 Å². The van der Waals surface area contributed by atoms with Gasteiger partial charge in [0.2, 0.25) is 0 Å². The van der Waals surface area contributed by atoms with Gasteiger partial charge >= 0.3 is 11.9 Å². The Morgan fingerprint density at radius 3 is 2.14 bits per heavy atom. The molecule has 14 heavy (non-hydrogen) atoms. The minimum absolute atomic E-state index is 0.0149. The summed E-state index contributed by atoms with van der Waals surface area (Å²) in [6, 6.07) is 0. The predicted octanol–water partition coefficient (Wildman–Crippen LogP) is 1.68. The van der Waals surface area contributed by atoms with Gasteiger partial charge in [-0.05, 0) is 18.4 Å². The van der Waals surface area contributed by atoms with Crippen LogP contribution in [-0.4, -0.2) is 22.2 Å². The normalized spacial score (nSPS) is 12.4. The molecule has 0 heterocycles. The lowest BCUT2D eigenvalue weighted by Crippen LogP contribution is -1.99. The predicted molar refractivity (Wildman–Crippen MR) is 51.9 cm³/mol. The molecule has 0 rings (SSSR count). The topological polar surface area (TPSA) is 74.6 Å². The van der Waals surface area contributed by atoms with Gasteiger partial charge in [0.15, 0.2) is 0 Å². The summed E-state index contributed by atoms with van der Waals surface area (Å²) in [7, 11) is 0. The van der Waals surface area contributed by atoms with E-state index in [1.165, 1.54) is 6.08 Å². The van der Waals surface area contributed by atoms with Crippen LogP contribution in [0, 0.1) is 5.92 Å². The largest absolute Gasteiger partial charge is 0.478 e. The third-order valence-electron chi connectivity index (χ3n) is 1.46. The standard InChI is InChI=1S/C10H14O4/c1-7(2)3-4-8(10(13)14)5-6-9(11)12/h4-7H,3H2,1-2H3,(H,11,12)(H,13,14). The maximum absolute atomic E-state index is 10.6. The molecule has 0 aromatic rings. The molecule has 0 atom stereocenters. The molecule has 0 spiro atoms. The number of hydrogen-bond donors (Lipinski definition) is 2. The molecule has 0 amide bonds. The molecule has 78 valence electrons. The minimum atomic E-state index is -1.15. The number of carbonyl (C=O) groups is 2. The van der Waals surface area contributed by atoms with Gasteiger partial charge in [0.1, 0.15) is 0 Å². The third kappa shape index (κ3) is 5.99. The fourth-order valence-corrected chi connectivity index (χ4v) is 0.750. The van der Waals surface area contributed by atoms with Crippen LogP contribution in [0.3, 0.4) is 0 Å². The quantitative estimate of drug-likeness (QED) is 0.520. The lowest BCUT2D eigenvalue weighted by atomic mass is 10.1. The molecule has 4 heteroatoms. The van der Waals surface area contributed by atoms with Crippen molar-refractivity contribution in [2.24, 2.45) is 5.92 Å². The van der Waals surface area contributed by atoms with Crippen molar-refractivity contribution < 1.29 is 19.8 Å². The van der Waals surface area contributed by atoms with Crippen LogP contribution in [0.1, 0.15) is 20.3 Å². The van der Waals surface area contributed by atoms with E-state index < -0.39 is 11.9 Å². The second-order valence-electron chi connectivity index (χ2n) is 3.27. The summed E-state index contributed by atoms with van der Waals surface area (Å²) >= 11 is 0. The van der Waals surface area contributed by atoms with E-state index in [1.54, 1.807) is 0 Å². The number of hydrogen-bond acceptors (Lipinski definition) is 2. The van der Waals surface area contributed by atoms with Crippen molar-refractivity contribution in [3.8, 4) is 0 Å². The Balaban J connectivity index is 4.52. The summed E-state index contributed by atoms with van der Waals surface area (Å²) in [6.07, 6.45) is 4.05. The van der Waals surface area contributed by atoms with Crippen molar-refractivity contribution in [1.82, 2.24) is 0 Å². The first-order chi connectivity index (χ1) is 6.43. The van der Waals surface area contributed by atoms with E-state index in [0.29, 0.717) is 12.3 Å². The summed E-state index contributed by atoms with van der Waals surface area (Å²) in [6.45, 7) is 3.91. The highest BCUT2D eigenvalue weighted by molar-refractivity contribution is 5.92. The van der Waals surface area contributed by atoms with Crippen LogP contribution in [0.25, 0.3) is 0 Å². The molecular formula is C10H14O4. The number of carboxylic acid groups (broad SMARTS) is 2. The van der Waals surface area contributed by atoms with Crippen molar-refractivity contribution in [2.45, 2.75) is 20.3 Å². The minimum Gasteiger partial charge on any atom is -0.478 e. The Labute approximate surface area is 82.6 Å². The fraction of sp³-hybridized carbons (Fsp3) is 0.400. The molecule has 0 unspecified atom stereocenters. The average molecular weight is 198 g/mol. The molecule has 0 aliphatic rings. The smallest absolute Gasteiger partial charge is 0.335 e. The zero-order valence-electron chi connectivity index (χ0n) is 8.23. The monoisotopic (exact) mass is 198 g/mol. The summed E-state index contributed by atoms with van der Waals surface area (Å²) < 4.78 is 0. The first-order valence-electron chi connectivity index (χ1n) is 4.28. The summed E-state index contributed by atoms with van der Waals surface area (Å²) in [5, 5.41) is 17.0. The summed E-state index contributed by atoms with van der Waals surface area (Å²) in [5.74, 6) is -1.91. The highest BCUT2D eigenvalue weighted by atomic mass is 16.4. The molecule has 0 aromatic carbocycles. The van der Waals surface area contributed by atoms with Crippen molar-refractivity contribution >= 4 is 11.9 Å². The lowest BCUT2D eigenvalue weighted by Gasteiger charge is -1.99. The van der Waals surface area contributed by atoms with E-state index in [-0.39, 0.29) is 5.57 Å². The number of rotatable bonds is 5. The highest BCUT2D eigenvalue weighted by Crippen LogP contribution is 2.06. The van der Waals surface area contributed by atoms with Crippen LogP contribution in [-0.2, 0) is 9.59 Å². The second-order valence-corrected chi connectivity index (χ2v) is 3.27. The molecular weight excluding hydrogens is 184 g/mol. The maximum Gasteiger partial charge on any atom is 0.335 e. The Bertz CT molecular complexity index is 274. The number of carboxylic acids is 2.